The number of benzene rings is 2. The van der Waals surface area contributed by atoms with Gasteiger partial charge in [-0.2, -0.15) is 0 Å². The van der Waals surface area contributed by atoms with Crippen LogP contribution in [0.5, 0.6) is 0 Å². The van der Waals surface area contributed by atoms with Crippen LogP contribution in [0.2, 0.25) is 5.02 Å². The molecule has 1 amide bonds. The van der Waals surface area contributed by atoms with Crippen molar-refractivity contribution in [1.29, 1.82) is 0 Å². The maximum atomic E-state index is 13.3. The third-order valence-electron chi connectivity index (χ3n) is 3.14. The number of halogens is 3. The van der Waals surface area contributed by atoms with Gasteiger partial charge in [-0.25, -0.2) is 8.78 Å². The summed E-state index contributed by atoms with van der Waals surface area (Å²) in [5.74, 6) is -1.25. The Morgan fingerprint density at radius 2 is 1.86 bits per heavy atom. The van der Waals surface area contributed by atoms with Gasteiger partial charge in [0, 0.05) is 33.8 Å². The van der Waals surface area contributed by atoms with Crippen LogP contribution in [-0.2, 0) is 0 Å². The lowest BCUT2D eigenvalue weighted by molar-refractivity contribution is 0.0987. The molecule has 0 spiro atoms. The molecule has 0 aromatic heterocycles. The summed E-state index contributed by atoms with van der Waals surface area (Å²) in [4.78, 5) is 15.0. The van der Waals surface area contributed by atoms with Crippen molar-refractivity contribution in [1.82, 2.24) is 0 Å². The molecule has 1 aliphatic heterocycles. The first-order valence-corrected chi connectivity index (χ1v) is 7.61. The summed E-state index contributed by atoms with van der Waals surface area (Å²) < 4.78 is 26.6. The van der Waals surface area contributed by atoms with Crippen LogP contribution in [0.1, 0.15) is 10.4 Å². The van der Waals surface area contributed by atoms with E-state index in [-0.39, 0.29) is 5.56 Å². The number of hydrogen-bond acceptors (Lipinski definition) is 2. The predicted molar refractivity (Wildman–Crippen MR) is 80.2 cm³/mol. The summed E-state index contributed by atoms with van der Waals surface area (Å²) in [7, 11) is 0. The zero-order chi connectivity index (χ0) is 15.0. The third kappa shape index (κ3) is 2.89. The number of carbonyl (C=O) groups excluding carboxylic acids is 1. The fourth-order valence-corrected chi connectivity index (χ4v) is 3.38. The molecule has 21 heavy (non-hydrogen) atoms. The van der Waals surface area contributed by atoms with Crippen molar-refractivity contribution in [2.45, 2.75) is 4.90 Å². The second-order valence-electron chi connectivity index (χ2n) is 4.58. The van der Waals surface area contributed by atoms with Gasteiger partial charge >= 0.3 is 0 Å². The maximum Gasteiger partial charge on any atom is 0.258 e. The minimum atomic E-state index is -0.768. The lowest BCUT2D eigenvalue weighted by Crippen LogP contribution is -2.35. The first kappa shape index (κ1) is 14.4. The number of nitrogens with zero attached hydrogens (tertiary/aromatic N) is 1. The topological polar surface area (TPSA) is 20.3 Å². The van der Waals surface area contributed by atoms with Gasteiger partial charge in [0.2, 0.25) is 0 Å². The molecule has 1 aliphatic rings. The first-order valence-electron chi connectivity index (χ1n) is 6.25. The Hall–Kier alpha value is -1.59. The predicted octanol–water partition coefficient (Wildman–Crippen LogP) is 4.37. The molecule has 6 heteroatoms. The van der Waals surface area contributed by atoms with Crippen LogP contribution in [0, 0.1) is 11.6 Å². The van der Waals surface area contributed by atoms with Crippen molar-refractivity contribution in [3.05, 3.63) is 58.6 Å². The van der Waals surface area contributed by atoms with Gasteiger partial charge in [0.05, 0.1) is 5.69 Å². The van der Waals surface area contributed by atoms with E-state index < -0.39 is 17.5 Å². The Kier molecular flexibility index (Phi) is 3.87. The highest BCUT2D eigenvalue weighted by Crippen LogP contribution is 2.37. The molecule has 108 valence electrons. The van der Waals surface area contributed by atoms with Crippen molar-refractivity contribution in [3.63, 3.8) is 0 Å². The van der Waals surface area contributed by atoms with E-state index in [0.29, 0.717) is 17.3 Å². The average molecular weight is 326 g/mol. The van der Waals surface area contributed by atoms with E-state index in [1.165, 1.54) is 4.90 Å². The summed E-state index contributed by atoms with van der Waals surface area (Å²) in [5, 5.41) is 0.513. The Morgan fingerprint density at radius 3 is 2.57 bits per heavy atom. The molecule has 3 rings (SSSR count). The zero-order valence-corrected chi connectivity index (χ0v) is 12.3. The molecule has 0 radical (unpaired) electrons. The van der Waals surface area contributed by atoms with Crippen LogP contribution in [-0.4, -0.2) is 18.2 Å². The van der Waals surface area contributed by atoms with Crippen LogP contribution in [0.4, 0.5) is 14.5 Å². The lowest BCUT2D eigenvalue weighted by atomic mass is 10.1. The fraction of sp³-hybridized carbons (Fsp3) is 0.133. The highest BCUT2D eigenvalue weighted by molar-refractivity contribution is 7.99. The molecule has 2 aromatic rings. The molecule has 0 bridgehead atoms. The van der Waals surface area contributed by atoms with Gasteiger partial charge in [0.15, 0.2) is 0 Å². The molecule has 0 unspecified atom stereocenters. The van der Waals surface area contributed by atoms with Crippen molar-refractivity contribution in [2.75, 3.05) is 17.2 Å². The molecule has 0 N–H and O–H groups in total. The molecule has 0 atom stereocenters. The van der Waals surface area contributed by atoms with Gasteiger partial charge in [0.1, 0.15) is 11.6 Å². The molecule has 0 saturated carbocycles. The van der Waals surface area contributed by atoms with Crippen molar-refractivity contribution in [2.24, 2.45) is 0 Å². The monoisotopic (exact) mass is 325 g/mol. The minimum absolute atomic E-state index is 0.00896. The van der Waals surface area contributed by atoms with Crippen LogP contribution >= 0.6 is 23.4 Å². The molecule has 0 aliphatic carbocycles. The molecule has 0 fully saturated rings. The number of carbonyl (C=O) groups is 1. The second-order valence-corrected chi connectivity index (χ2v) is 6.15. The summed E-state index contributed by atoms with van der Waals surface area (Å²) in [6.07, 6.45) is 0. The van der Waals surface area contributed by atoms with Crippen LogP contribution in [0.15, 0.2) is 41.3 Å². The van der Waals surface area contributed by atoms with Gasteiger partial charge in [-0.05, 0) is 30.3 Å². The number of fused-ring (bicyclic) bond motifs is 1. The molecule has 1 heterocycles. The molecule has 0 saturated heterocycles. The van der Waals surface area contributed by atoms with E-state index in [9.17, 15) is 13.6 Å². The van der Waals surface area contributed by atoms with E-state index in [2.05, 4.69) is 0 Å². The zero-order valence-electron chi connectivity index (χ0n) is 10.8. The van der Waals surface area contributed by atoms with E-state index in [4.69, 9.17) is 11.6 Å². The van der Waals surface area contributed by atoms with E-state index in [1.807, 2.05) is 6.07 Å². The summed E-state index contributed by atoms with van der Waals surface area (Å²) >= 11 is 7.60. The van der Waals surface area contributed by atoms with Gasteiger partial charge in [0.25, 0.3) is 5.91 Å². The number of rotatable bonds is 1. The lowest BCUT2D eigenvalue weighted by Gasteiger charge is -2.29. The maximum absolute atomic E-state index is 13.3. The van der Waals surface area contributed by atoms with Crippen LogP contribution < -0.4 is 4.90 Å². The van der Waals surface area contributed by atoms with Crippen LogP contribution in [0.3, 0.4) is 0 Å². The second kappa shape index (κ2) is 5.66. The van der Waals surface area contributed by atoms with Gasteiger partial charge in [-0.3, -0.25) is 4.79 Å². The van der Waals surface area contributed by atoms with Gasteiger partial charge < -0.3 is 4.90 Å². The minimum Gasteiger partial charge on any atom is -0.306 e. The third-order valence-corrected chi connectivity index (χ3v) is 4.42. The standard InChI is InChI=1S/C15H10ClF2NOS/c16-10-1-2-14-13(7-10)19(3-4-21-14)15(20)9-5-11(17)8-12(18)6-9/h1-2,5-8H,3-4H2. The average Bonchev–Trinajstić information content (AvgIpc) is 2.44. The SMILES string of the molecule is O=C(c1cc(F)cc(F)c1)N1CCSc2ccc(Cl)cc21. The highest BCUT2D eigenvalue weighted by atomic mass is 35.5. The summed E-state index contributed by atoms with van der Waals surface area (Å²) in [6.45, 7) is 0.467. The largest absolute Gasteiger partial charge is 0.306 e. The number of anilines is 1. The van der Waals surface area contributed by atoms with E-state index >= 15 is 0 Å². The Bertz CT molecular complexity index is 703. The quantitative estimate of drug-likeness (QED) is 0.776. The first-order chi connectivity index (χ1) is 10.0. The summed E-state index contributed by atoms with van der Waals surface area (Å²) in [5.41, 5.74) is 0.666. The highest BCUT2D eigenvalue weighted by Gasteiger charge is 2.25. The molecule has 2 aromatic carbocycles. The van der Waals surface area contributed by atoms with Gasteiger partial charge in [-0.1, -0.05) is 11.6 Å². The van der Waals surface area contributed by atoms with Crippen molar-refractivity contribution in [3.8, 4) is 0 Å². The Balaban J connectivity index is 2.01. The van der Waals surface area contributed by atoms with Crippen LogP contribution in [0.25, 0.3) is 0 Å². The number of thioether (sulfide) groups is 1. The molecular formula is C15H10ClF2NOS. The van der Waals surface area contributed by atoms with Crippen molar-refractivity contribution < 1.29 is 13.6 Å². The normalized spacial score (nSPS) is 14.0. The molecular weight excluding hydrogens is 316 g/mol. The number of hydrogen-bond donors (Lipinski definition) is 0. The molecule has 2 nitrogen and oxygen atoms in total. The van der Waals surface area contributed by atoms with E-state index in [1.54, 1.807) is 23.9 Å². The van der Waals surface area contributed by atoms with E-state index in [0.717, 1.165) is 28.8 Å². The Morgan fingerprint density at radius 1 is 1.14 bits per heavy atom. The Labute approximate surface area is 129 Å². The number of amides is 1. The smallest absolute Gasteiger partial charge is 0.258 e. The fourth-order valence-electron chi connectivity index (χ4n) is 2.23. The van der Waals surface area contributed by atoms with Gasteiger partial charge in [-0.15, -0.1) is 11.8 Å². The van der Waals surface area contributed by atoms with Crippen molar-refractivity contribution >= 4 is 35.0 Å². The summed E-state index contributed by atoms with van der Waals surface area (Å²) in [6, 6.07) is 8.11.